The third-order valence-corrected chi connectivity index (χ3v) is 3.50. The fraction of sp³-hybridized carbons (Fsp3) is 0.538. The van der Waals surface area contributed by atoms with Crippen LogP contribution in [0.5, 0.6) is 0 Å². The lowest BCUT2D eigenvalue weighted by Gasteiger charge is -2.31. The van der Waals surface area contributed by atoms with Crippen LogP contribution in [0.1, 0.15) is 36.0 Å². The lowest BCUT2D eigenvalue weighted by atomic mass is 9.85. The summed E-state index contributed by atoms with van der Waals surface area (Å²) in [5, 5.41) is 21.6. The molecular formula is C13H18N2O3. The van der Waals surface area contributed by atoms with Crippen LogP contribution >= 0.6 is 0 Å². The average molecular weight is 250 g/mol. The third-order valence-electron chi connectivity index (χ3n) is 3.50. The number of aliphatic hydroxyl groups excluding tert-OH is 1. The van der Waals surface area contributed by atoms with Gasteiger partial charge < -0.3 is 15.5 Å². The van der Waals surface area contributed by atoms with Crippen LogP contribution in [0.2, 0.25) is 0 Å². The normalized spacial score (nSPS) is 23.6. The van der Waals surface area contributed by atoms with Crippen molar-refractivity contribution in [1.29, 1.82) is 0 Å². The smallest absolute Gasteiger partial charge is 0.339 e. The molecule has 0 spiro atoms. The van der Waals surface area contributed by atoms with E-state index in [-0.39, 0.29) is 24.1 Å². The predicted octanol–water partition coefficient (Wildman–Crippen LogP) is 1.74. The number of carboxylic acids is 1. The molecule has 1 aromatic heterocycles. The van der Waals surface area contributed by atoms with E-state index in [4.69, 9.17) is 5.11 Å². The van der Waals surface area contributed by atoms with Gasteiger partial charge >= 0.3 is 5.97 Å². The van der Waals surface area contributed by atoms with Crippen molar-refractivity contribution >= 4 is 11.8 Å². The minimum absolute atomic E-state index is 0.108. The number of rotatable bonds is 4. The number of aromatic carboxylic acids is 1. The van der Waals surface area contributed by atoms with Gasteiger partial charge in [0.15, 0.2) is 0 Å². The van der Waals surface area contributed by atoms with Gasteiger partial charge in [-0.3, -0.25) is 0 Å². The number of pyridine rings is 1. The van der Waals surface area contributed by atoms with E-state index in [1.54, 1.807) is 12.3 Å². The summed E-state index contributed by atoms with van der Waals surface area (Å²) in [5.74, 6) is -0.403. The Bertz CT molecular complexity index is 422. The van der Waals surface area contributed by atoms with Crippen molar-refractivity contribution in [3.05, 3.63) is 23.9 Å². The minimum Gasteiger partial charge on any atom is -0.478 e. The first kappa shape index (κ1) is 12.8. The molecule has 5 heteroatoms. The van der Waals surface area contributed by atoms with E-state index in [1.165, 1.54) is 6.07 Å². The molecule has 1 aromatic rings. The summed E-state index contributed by atoms with van der Waals surface area (Å²) in [6.07, 6.45) is 5.72. The van der Waals surface area contributed by atoms with Gasteiger partial charge in [0.2, 0.25) is 0 Å². The maximum Gasteiger partial charge on any atom is 0.339 e. The van der Waals surface area contributed by atoms with E-state index < -0.39 is 5.97 Å². The van der Waals surface area contributed by atoms with E-state index in [9.17, 15) is 9.90 Å². The molecule has 0 amide bonds. The molecule has 1 heterocycles. The number of hydrogen-bond donors (Lipinski definition) is 3. The maximum atomic E-state index is 11.1. The molecule has 1 aliphatic rings. The van der Waals surface area contributed by atoms with Gasteiger partial charge in [0, 0.05) is 24.8 Å². The minimum atomic E-state index is -0.984. The summed E-state index contributed by atoms with van der Waals surface area (Å²) in [7, 11) is 0. The Morgan fingerprint density at radius 3 is 2.94 bits per heavy atom. The zero-order valence-corrected chi connectivity index (χ0v) is 10.2. The van der Waals surface area contributed by atoms with Gasteiger partial charge in [0.1, 0.15) is 11.4 Å². The lowest BCUT2D eigenvalue weighted by molar-refractivity contribution is 0.0697. The molecule has 1 aliphatic carbocycles. The third kappa shape index (κ3) is 2.79. The number of aromatic nitrogens is 1. The van der Waals surface area contributed by atoms with Gasteiger partial charge in [-0.2, -0.15) is 0 Å². The Labute approximate surface area is 106 Å². The van der Waals surface area contributed by atoms with Crippen LogP contribution in [-0.2, 0) is 0 Å². The highest BCUT2D eigenvalue weighted by Crippen LogP contribution is 2.27. The molecule has 2 rings (SSSR count). The summed E-state index contributed by atoms with van der Waals surface area (Å²) >= 11 is 0. The van der Waals surface area contributed by atoms with E-state index in [1.807, 2.05) is 0 Å². The summed E-state index contributed by atoms with van der Waals surface area (Å²) in [5.41, 5.74) is 0.180. The highest BCUT2D eigenvalue weighted by molar-refractivity contribution is 5.93. The Morgan fingerprint density at radius 2 is 2.22 bits per heavy atom. The Hall–Kier alpha value is -1.62. The number of hydrogen-bond acceptors (Lipinski definition) is 4. The van der Waals surface area contributed by atoms with Crippen LogP contribution in [0.25, 0.3) is 0 Å². The highest BCUT2D eigenvalue weighted by atomic mass is 16.4. The van der Waals surface area contributed by atoms with Gasteiger partial charge in [-0.05, 0) is 25.0 Å². The lowest BCUT2D eigenvalue weighted by Crippen LogP contribution is -2.35. The van der Waals surface area contributed by atoms with Crippen molar-refractivity contribution < 1.29 is 15.0 Å². The Kier molecular flexibility index (Phi) is 4.15. The maximum absolute atomic E-state index is 11.1. The molecule has 1 fully saturated rings. The second-order valence-corrected chi connectivity index (χ2v) is 4.68. The Morgan fingerprint density at radius 1 is 1.44 bits per heavy atom. The second kappa shape index (κ2) is 5.82. The van der Waals surface area contributed by atoms with Gasteiger partial charge in [-0.25, -0.2) is 9.78 Å². The second-order valence-electron chi connectivity index (χ2n) is 4.68. The molecule has 2 atom stereocenters. The quantitative estimate of drug-likeness (QED) is 0.758. The van der Waals surface area contributed by atoms with Crippen molar-refractivity contribution in [2.75, 3.05) is 11.9 Å². The largest absolute Gasteiger partial charge is 0.478 e. The van der Waals surface area contributed by atoms with Crippen molar-refractivity contribution in [2.24, 2.45) is 5.92 Å². The number of carboxylic acid groups (broad SMARTS) is 1. The van der Waals surface area contributed by atoms with E-state index in [0.717, 1.165) is 25.7 Å². The van der Waals surface area contributed by atoms with Crippen LogP contribution in [0.15, 0.2) is 18.3 Å². The van der Waals surface area contributed by atoms with Gasteiger partial charge in [-0.15, -0.1) is 0 Å². The van der Waals surface area contributed by atoms with Gasteiger partial charge in [0.25, 0.3) is 0 Å². The fourth-order valence-corrected chi connectivity index (χ4v) is 2.48. The van der Waals surface area contributed by atoms with E-state index in [0.29, 0.717) is 5.82 Å². The van der Waals surface area contributed by atoms with Crippen LogP contribution < -0.4 is 5.32 Å². The SMILES string of the molecule is O=C(O)c1cccnc1NC1CCCCC1CO. The standard InChI is InChI=1S/C13H18N2O3/c16-8-9-4-1-2-6-11(9)15-12-10(13(17)18)5-3-7-14-12/h3,5,7,9,11,16H,1-2,4,6,8H2,(H,14,15)(H,17,18). The van der Waals surface area contributed by atoms with E-state index >= 15 is 0 Å². The predicted molar refractivity (Wildman–Crippen MR) is 67.7 cm³/mol. The summed E-state index contributed by atoms with van der Waals surface area (Å²) in [4.78, 5) is 15.2. The molecular weight excluding hydrogens is 232 g/mol. The molecule has 0 aliphatic heterocycles. The molecule has 98 valence electrons. The average Bonchev–Trinajstić information content (AvgIpc) is 2.40. The number of nitrogens with zero attached hydrogens (tertiary/aromatic N) is 1. The first-order valence-corrected chi connectivity index (χ1v) is 6.28. The van der Waals surface area contributed by atoms with Gasteiger partial charge in [0.05, 0.1) is 0 Å². The molecule has 0 saturated heterocycles. The van der Waals surface area contributed by atoms with Crippen molar-refractivity contribution in [2.45, 2.75) is 31.7 Å². The van der Waals surface area contributed by atoms with Crippen LogP contribution in [0.3, 0.4) is 0 Å². The number of nitrogens with one attached hydrogen (secondary N) is 1. The Balaban J connectivity index is 2.15. The van der Waals surface area contributed by atoms with Crippen molar-refractivity contribution in [3.63, 3.8) is 0 Å². The topological polar surface area (TPSA) is 82.5 Å². The zero-order chi connectivity index (χ0) is 13.0. The number of anilines is 1. The first-order chi connectivity index (χ1) is 8.72. The summed E-state index contributed by atoms with van der Waals surface area (Å²) < 4.78 is 0. The number of carbonyl (C=O) groups is 1. The zero-order valence-electron chi connectivity index (χ0n) is 10.2. The molecule has 0 radical (unpaired) electrons. The van der Waals surface area contributed by atoms with Crippen LogP contribution in [0.4, 0.5) is 5.82 Å². The van der Waals surface area contributed by atoms with Crippen LogP contribution in [-0.4, -0.2) is 33.8 Å². The first-order valence-electron chi connectivity index (χ1n) is 6.28. The highest BCUT2D eigenvalue weighted by Gasteiger charge is 2.25. The summed E-state index contributed by atoms with van der Waals surface area (Å²) in [6, 6.07) is 3.25. The van der Waals surface area contributed by atoms with E-state index in [2.05, 4.69) is 10.3 Å². The van der Waals surface area contributed by atoms with Gasteiger partial charge in [-0.1, -0.05) is 12.8 Å². The monoisotopic (exact) mass is 250 g/mol. The fourth-order valence-electron chi connectivity index (χ4n) is 2.48. The molecule has 0 bridgehead atoms. The van der Waals surface area contributed by atoms with Crippen molar-refractivity contribution in [3.8, 4) is 0 Å². The van der Waals surface area contributed by atoms with Crippen molar-refractivity contribution in [1.82, 2.24) is 4.98 Å². The number of aliphatic hydroxyl groups is 1. The molecule has 18 heavy (non-hydrogen) atoms. The molecule has 0 aromatic carbocycles. The molecule has 5 nitrogen and oxygen atoms in total. The molecule has 3 N–H and O–H groups in total. The molecule has 1 saturated carbocycles. The molecule has 2 unspecified atom stereocenters. The summed E-state index contributed by atoms with van der Waals surface area (Å²) in [6.45, 7) is 0.132. The van der Waals surface area contributed by atoms with Crippen LogP contribution in [0, 0.1) is 5.92 Å².